The molecular formula is C23H25ClN4O2. The molecule has 156 valence electrons. The molecule has 3 aromatic rings. The van der Waals surface area contributed by atoms with E-state index in [0.717, 1.165) is 23.4 Å². The predicted molar refractivity (Wildman–Crippen MR) is 116 cm³/mol. The summed E-state index contributed by atoms with van der Waals surface area (Å²) < 4.78 is 7.47. The summed E-state index contributed by atoms with van der Waals surface area (Å²) in [5.74, 6) is 1.17. The second-order valence-electron chi connectivity index (χ2n) is 7.74. The number of amides is 1. The van der Waals surface area contributed by atoms with Gasteiger partial charge in [0.15, 0.2) is 0 Å². The third-order valence-electron chi connectivity index (χ3n) is 5.30. The number of ether oxygens (including phenoxy) is 1. The minimum absolute atomic E-state index is 0.149. The fraction of sp³-hybridized carbons (Fsp3) is 0.348. The Bertz CT molecular complexity index is 1040. The molecule has 0 unspecified atom stereocenters. The van der Waals surface area contributed by atoms with E-state index in [9.17, 15) is 4.79 Å². The van der Waals surface area contributed by atoms with E-state index in [1.807, 2.05) is 54.9 Å². The first kappa shape index (κ1) is 20.4. The molecule has 0 saturated heterocycles. The van der Waals surface area contributed by atoms with Crippen LogP contribution in [0.4, 0.5) is 0 Å². The molecule has 1 N–H and O–H groups in total. The van der Waals surface area contributed by atoms with E-state index in [0.29, 0.717) is 41.2 Å². The van der Waals surface area contributed by atoms with E-state index in [4.69, 9.17) is 16.3 Å². The van der Waals surface area contributed by atoms with Gasteiger partial charge in [-0.15, -0.1) is 0 Å². The zero-order chi connectivity index (χ0) is 21.1. The van der Waals surface area contributed by atoms with Gasteiger partial charge in [-0.25, -0.2) is 4.98 Å². The van der Waals surface area contributed by atoms with Crippen LogP contribution in [0.2, 0.25) is 5.02 Å². The standard InChI is InChI=1S/C23H25ClN4O2/c1-15-22(16(2)28(27-15)13-19-5-3-4-6-20(19)24)23(29)26-12-18-9-10-21(25-11-18)30-14-17-7-8-17/h3-6,9-11,17H,7-8,12-14H2,1-2H3,(H,26,29). The van der Waals surface area contributed by atoms with Gasteiger partial charge in [-0.2, -0.15) is 5.10 Å². The largest absolute Gasteiger partial charge is 0.477 e. The van der Waals surface area contributed by atoms with Crippen molar-refractivity contribution in [1.29, 1.82) is 0 Å². The maximum Gasteiger partial charge on any atom is 0.255 e. The number of aryl methyl sites for hydroxylation is 1. The molecule has 1 aromatic carbocycles. The van der Waals surface area contributed by atoms with Gasteiger partial charge < -0.3 is 10.1 Å². The highest BCUT2D eigenvalue weighted by Gasteiger charge is 2.22. The third kappa shape index (κ3) is 4.82. The van der Waals surface area contributed by atoms with Crippen molar-refractivity contribution in [1.82, 2.24) is 20.1 Å². The monoisotopic (exact) mass is 424 g/mol. The molecule has 1 aliphatic rings. The number of nitrogens with one attached hydrogen (secondary N) is 1. The molecule has 4 rings (SSSR count). The van der Waals surface area contributed by atoms with Crippen LogP contribution in [0.15, 0.2) is 42.6 Å². The fourth-order valence-electron chi connectivity index (χ4n) is 3.33. The highest BCUT2D eigenvalue weighted by atomic mass is 35.5. The molecule has 0 radical (unpaired) electrons. The van der Waals surface area contributed by atoms with Crippen LogP contribution in [0.3, 0.4) is 0 Å². The number of nitrogens with zero attached hydrogens (tertiary/aromatic N) is 3. The molecule has 1 saturated carbocycles. The first-order valence-electron chi connectivity index (χ1n) is 10.1. The molecule has 1 aliphatic carbocycles. The van der Waals surface area contributed by atoms with Crippen molar-refractivity contribution in [3.63, 3.8) is 0 Å². The number of benzene rings is 1. The molecule has 1 fully saturated rings. The second kappa shape index (κ2) is 8.88. The van der Waals surface area contributed by atoms with Crippen LogP contribution in [-0.2, 0) is 13.1 Å². The summed E-state index contributed by atoms with van der Waals surface area (Å²) in [4.78, 5) is 17.1. The highest BCUT2D eigenvalue weighted by Crippen LogP contribution is 2.29. The number of pyridine rings is 1. The van der Waals surface area contributed by atoms with E-state index < -0.39 is 0 Å². The summed E-state index contributed by atoms with van der Waals surface area (Å²) >= 11 is 6.27. The van der Waals surface area contributed by atoms with Crippen molar-refractivity contribution in [2.45, 2.75) is 39.8 Å². The van der Waals surface area contributed by atoms with Crippen molar-refractivity contribution < 1.29 is 9.53 Å². The van der Waals surface area contributed by atoms with Gasteiger partial charge >= 0.3 is 0 Å². The maximum atomic E-state index is 12.8. The molecule has 0 spiro atoms. The zero-order valence-electron chi connectivity index (χ0n) is 17.2. The van der Waals surface area contributed by atoms with Crippen LogP contribution in [0.1, 0.15) is 45.7 Å². The van der Waals surface area contributed by atoms with Crippen LogP contribution in [0.25, 0.3) is 0 Å². The van der Waals surface area contributed by atoms with Gasteiger partial charge in [0.1, 0.15) is 0 Å². The minimum Gasteiger partial charge on any atom is -0.477 e. The van der Waals surface area contributed by atoms with Crippen LogP contribution in [0, 0.1) is 19.8 Å². The van der Waals surface area contributed by atoms with Crippen molar-refractivity contribution in [3.8, 4) is 5.88 Å². The number of aromatic nitrogens is 3. The topological polar surface area (TPSA) is 69.0 Å². The average molecular weight is 425 g/mol. The minimum atomic E-state index is -0.149. The summed E-state index contributed by atoms with van der Waals surface area (Å²) in [5, 5.41) is 8.20. The molecule has 30 heavy (non-hydrogen) atoms. The molecule has 1 amide bonds. The lowest BCUT2D eigenvalue weighted by molar-refractivity contribution is 0.0949. The summed E-state index contributed by atoms with van der Waals surface area (Å²) in [5.41, 5.74) is 3.98. The smallest absolute Gasteiger partial charge is 0.255 e. The Morgan fingerprint density at radius 3 is 2.73 bits per heavy atom. The van der Waals surface area contributed by atoms with Crippen LogP contribution in [-0.4, -0.2) is 27.3 Å². The van der Waals surface area contributed by atoms with Crippen LogP contribution in [0.5, 0.6) is 5.88 Å². The number of halogens is 1. The van der Waals surface area contributed by atoms with E-state index in [2.05, 4.69) is 15.4 Å². The van der Waals surface area contributed by atoms with Gasteiger partial charge in [-0.3, -0.25) is 9.48 Å². The van der Waals surface area contributed by atoms with E-state index >= 15 is 0 Å². The Hall–Kier alpha value is -2.86. The molecule has 6 nitrogen and oxygen atoms in total. The van der Waals surface area contributed by atoms with Gasteiger partial charge in [0, 0.05) is 29.5 Å². The second-order valence-corrected chi connectivity index (χ2v) is 8.14. The zero-order valence-corrected chi connectivity index (χ0v) is 17.9. The normalized spacial score (nSPS) is 13.3. The number of carbonyl (C=O) groups is 1. The van der Waals surface area contributed by atoms with Gasteiger partial charge in [-0.05, 0) is 49.8 Å². The molecule has 2 aromatic heterocycles. The Labute approximate surface area is 181 Å². The molecular weight excluding hydrogens is 400 g/mol. The lowest BCUT2D eigenvalue weighted by Crippen LogP contribution is -2.24. The Morgan fingerprint density at radius 1 is 1.23 bits per heavy atom. The van der Waals surface area contributed by atoms with Crippen LogP contribution >= 0.6 is 11.6 Å². The van der Waals surface area contributed by atoms with Crippen molar-refractivity contribution in [2.24, 2.45) is 5.92 Å². The molecule has 7 heteroatoms. The van der Waals surface area contributed by atoms with Gasteiger partial charge in [0.2, 0.25) is 5.88 Å². The van der Waals surface area contributed by atoms with Crippen molar-refractivity contribution in [2.75, 3.05) is 6.61 Å². The molecule has 0 aliphatic heterocycles. The summed E-state index contributed by atoms with van der Waals surface area (Å²) in [6.45, 7) is 5.40. The SMILES string of the molecule is Cc1nn(Cc2ccccc2Cl)c(C)c1C(=O)NCc1ccc(OCC2CC2)nc1. The number of hydrogen-bond donors (Lipinski definition) is 1. The summed E-state index contributed by atoms with van der Waals surface area (Å²) in [6.07, 6.45) is 4.24. The van der Waals surface area contributed by atoms with Gasteiger partial charge in [-0.1, -0.05) is 35.9 Å². The maximum absolute atomic E-state index is 12.8. The lowest BCUT2D eigenvalue weighted by atomic mass is 10.1. The average Bonchev–Trinajstić information content (AvgIpc) is 3.52. The van der Waals surface area contributed by atoms with Crippen molar-refractivity contribution in [3.05, 3.63) is 75.7 Å². The number of hydrogen-bond acceptors (Lipinski definition) is 4. The summed E-state index contributed by atoms with van der Waals surface area (Å²) in [7, 11) is 0. The van der Waals surface area contributed by atoms with Crippen molar-refractivity contribution >= 4 is 17.5 Å². The van der Waals surface area contributed by atoms with E-state index in [-0.39, 0.29) is 5.91 Å². The molecule has 0 atom stereocenters. The number of rotatable bonds is 8. The Balaban J connectivity index is 1.38. The first-order chi connectivity index (χ1) is 14.5. The fourth-order valence-corrected chi connectivity index (χ4v) is 3.52. The Kier molecular flexibility index (Phi) is 6.04. The van der Waals surface area contributed by atoms with Crippen LogP contribution < -0.4 is 10.1 Å². The molecule has 2 heterocycles. The highest BCUT2D eigenvalue weighted by molar-refractivity contribution is 6.31. The predicted octanol–water partition coefficient (Wildman–Crippen LogP) is 4.32. The summed E-state index contributed by atoms with van der Waals surface area (Å²) in [6, 6.07) is 11.4. The van der Waals surface area contributed by atoms with E-state index in [1.54, 1.807) is 6.20 Å². The Morgan fingerprint density at radius 2 is 2.03 bits per heavy atom. The number of carbonyl (C=O) groups excluding carboxylic acids is 1. The van der Waals surface area contributed by atoms with Gasteiger partial charge in [0.05, 0.1) is 24.4 Å². The van der Waals surface area contributed by atoms with Gasteiger partial charge in [0.25, 0.3) is 5.91 Å². The lowest BCUT2D eigenvalue weighted by Gasteiger charge is -2.09. The van der Waals surface area contributed by atoms with E-state index in [1.165, 1.54) is 12.8 Å². The third-order valence-corrected chi connectivity index (χ3v) is 5.67. The molecule has 0 bridgehead atoms. The first-order valence-corrected chi connectivity index (χ1v) is 10.5. The quantitative estimate of drug-likeness (QED) is 0.584.